The number of benzene rings is 1. The smallest absolute Gasteiger partial charge is 0.0369 e. The van der Waals surface area contributed by atoms with Gasteiger partial charge in [-0.3, -0.25) is 0 Å². The lowest BCUT2D eigenvalue weighted by atomic mass is 10.1. The minimum absolute atomic E-state index is 0.692. The molecule has 0 amide bonds. The maximum Gasteiger partial charge on any atom is 0.0369 e. The van der Waals surface area contributed by atoms with Crippen molar-refractivity contribution < 1.29 is 0 Å². The van der Waals surface area contributed by atoms with Crippen LogP contribution >= 0.6 is 0 Å². The molecule has 1 aromatic carbocycles. The lowest BCUT2D eigenvalue weighted by molar-refractivity contribution is 0.501. The Balaban J connectivity index is 1.81. The van der Waals surface area contributed by atoms with Crippen LogP contribution in [0.3, 0.4) is 0 Å². The van der Waals surface area contributed by atoms with Crippen LogP contribution < -0.4 is 10.2 Å². The maximum atomic E-state index is 3.63. The number of nitrogens with zero attached hydrogens (tertiary/aromatic N) is 1. The van der Waals surface area contributed by atoms with Gasteiger partial charge >= 0.3 is 0 Å². The molecule has 0 heterocycles. The minimum atomic E-state index is 0.692. The topological polar surface area (TPSA) is 15.3 Å². The summed E-state index contributed by atoms with van der Waals surface area (Å²) in [4.78, 5) is 2.34. The third-order valence-corrected chi connectivity index (χ3v) is 3.89. The Morgan fingerprint density at radius 2 is 1.83 bits per heavy atom. The van der Waals surface area contributed by atoms with E-state index in [1.165, 1.54) is 29.7 Å². The monoisotopic (exact) mass is 246 g/mol. The van der Waals surface area contributed by atoms with E-state index in [4.69, 9.17) is 0 Å². The van der Waals surface area contributed by atoms with Crippen molar-refractivity contribution in [3.05, 3.63) is 29.3 Å². The first kappa shape index (κ1) is 13.4. The van der Waals surface area contributed by atoms with Crippen molar-refractivity contribution in [2.24, 2.45) is 5.92 Å². The van der Waals surface area contributed by atoms with Crippen molar-refractivity contribution >= 4 is 5.69 Å². The van der Waals surface area contributed by atoms with Crippen LogP contribution in [0.25, 0.3) is 0 Å². The van der Waals surface area contributed by atoms with Gasteiger partial charge in [-0.15, -0.1) is 0 Å². The molecule has 1 unspecified atom stereocenters. The molecule has 0 bridgehead atoms. The van der Waals surface area contributed by atoms with Crippen LogP contribution in [0.2, 0.25) is 0 Å². The van der Waals surface area contributed by atoms with Gasteiger partial charge in [0.15, 0.2) is 0 Å². The molecule has 0 aliphatic heterocycles. The Kier molecular flexibility index (Phi) is 4.28. The molecule has 18 heavy (non-hydrogen) atoms. The number of hydrogen-bond donors (Lipinski definition) is 1. The maximum absolute atomic E-state index is 3.63. The van der Waals surface area contributed by atoms with Crippen molar-refractivity contribution in [3.63, 3.8) is 0 Å². The molecule has 0 spiro atoms. The first-order chi connectivity index (χ1) is 8.56. The quantitative estimate of drug-likeness (QED) is 0.829. The van der Waals surface area contributed by atoms with Gasteiger partial charge in [-0.1, -0.05) is 6.07 Å². The minimum Gasteiger partial charge on any atom is -0.373 e. The zero-order chi connectivity index (χ0) is 13.1. The van der Waals surface area contributed by atoms with Gasteiger partial charge in [-0.2, -0.15) is 0 Å². The van der Waals surface area contributed by atoms with Gasteiger partial charge in [-0.05, 0) is 62.8 Å². The fourth-order valence-corrected chi connectivity index (χ4v) is 2.52. The third kappa shape index (κ3) is 3.74. The summed E-state index contributed by atoms with van der Waals surface area (Å²) in [5.41, 5.74) is 4.01. The highest BCUT2D eigenvalue weighted by Crippen LogP contribution is 2.32. The summed E-state index contributed by atoms with van der Waals surface area (Å²) < 4.78 is 0. The average molecular weight is 246 g/mol. The van der Waals surface area contributed by atoms with Crippen LogP contribution in [0.5, 0.6) is 0 Å². The van der Waals surface area contributed by atoms with E-state index in [-0.39, 0.29) is 0 Å². The predicted molar refractivity (Wildman–Crippen MR) is 79.4 cm³/mol. The van der Waals surface area contributed by atoms with Crippen molar-refractivity contribution in [2.75, 3.05) is 25.0 Å². The Hall–Kier alpha value is -1.02. The van der Waals surface area contributed by atoms with Crippen molar-refractivity contribution in [1.82, 2.24) is 5.32 Å². The van der Waals surface area contributed by atoms with E-state index in [0.29, 0.717) is 6.04 Å². The first-order valence-electron chi connectivity index (χ1n) is 7.09. The average Bonchev–Trinajstić information content (AvgIpc) is 3.11. The van der Waals surface area contributed by atoms with Crippen LogP contribution in [0.4, 0.5) is 5.69 Å². The predicted octanol–water partition coefficient (Wildman–Crippen LogP) is 3.13. The van der Waals surface area contributed by atoms with Gasteiger partial charge in [0, 0.05) is 31.9 Å². The van der Waals surface area contributed by atoms with E-state index in [2.05, 4.69) is 56.2 Å². The fourth-order valence-electron chi connectivity index (χ4n) is 2.52. The fraction of sp³-hybridized carbons (Fsp3) is 0.625. The van der Waals surface area contributed by atoms with Crippen LogP contribution in [0.1, 0.15) is 30.9 Å². The standard InChI is InChI=1S/C16H26N2/c1-12-9-13(2)11-16(10-12)18(4)8-7-17-14(3)15-5-6-15/h9-11,14-15,17H,5-8H2,1-4H3. The molecule has 0 aromatic heterocycles. The van der Waals surface area contributed by atoms with Crippen LogP contribution in [-0.2, 0) is 0 Å². The second kappa shape index (κ2) is 5.75. The summed E-state index contributed by atoms with van der Waals surface area (Å²) >= 11 is 0. The summed E-state index contributed by atoms with van der Waals surface area (Å²) in [5.74, 6) is 0.941. The van der Waals surface area contributed by atoms with Crippen molar-refractivity contribution in [1.29, 1.82) is 0 Å². The number of aryl methyl sites for hydroxylation is 2. The lowest BCUT2D eigenvalue weighted by Crippen LogP contribution is -2.35. The van der Waals surface area contributed by atoms with Gasteiger partial charge in [0.2, 0.25) is 0 Å². The van der Waals surface area contributed by atoms with Crippen LogP contribution in [-0.4, -0.2) is 26.2 Å². The second-order valence-electron chi connectivity index (χ2n) is 5.85. The van der Waals surface area contributed by atoms with E-state index in [1.54, 1.807) is 0 Å². The van der Waals surface area contributed by atoms with Gasteiger partial charge < -0.3 is 10.2 Å². The summed E-state index contributed by atoms with van der Waals surface area (Å²) in [6.07, 6.45) is 2.84. The Morgan fingerprint density at radius 1 is 1.22 bits per heavy atom. The van der Waals surface area contributed by atoms with Gasteiger partial charge in [0.1, 0.15) is 0 Å². The van der Waals surface area contributed by atoms with E-state index in [1.807, 2.05) is 0 Å². The first-order valence-corrected chi connectivity index (χ1v) is 7.09. The van der Waals surface area contributed by atoms with E-state index < -0.39 is 0 Å². The van der Waals surface area contributed by atoms with Crippen molar-refractivity contribution in [2.45, 2.75) is 39.7 Å². The normalized spacial score (nSPS) is 16.7. The molecule has 1 N–H and O–H groups in total. The molecule has 1 aliphatic carbocycles. The zero-order valence-corrected chi connectivity index (χ0v) is 12.2. The molecule has 2 nitrogen and oxygen atoms in total. The number of likely N-dealkylation sites (N-methyl/N-ethyl adjacent to an activating group) is 1. The SMILES string of the molecule is Cc1cc(C)cc(N(C)CCNC(C)C2CC2)c1. The molecular formula is C16H26N2. The number of nitrogens with one attached hydrogen (secondary N) is 1. The number of hydrogen-bond acceptors (Lipinski definition) is 2. The van der Waals surface area contributed by atoms with Crippen molar-refractivity contribution in [3.8, 4) is 0 Å². The van der Waals surface area contributed by atoms with E-state index >= 15 is 0 Å². The molecule has 1 fully saturated rings. The van der Waals surface area contributed by atoms with Crippen LogP contribution in [0, 0.1) is 19.8 Å². The largest absolute Gasteiger partial charge is 0.373 e. The van der Waals surface area contributed by atoms with Crippen LogP contribution in [0.15, 0.2) is 18.2 Å². The molecule has 0 radical (unpaired) electrons. The summed E-state index contributed by atoms with van der Waals surface area (Å²) in [6, 6.07) is 7.44. The summed E-state index contributed by atoms with van der Waals surface area (Å²) in [6.45, 7) is 8.78. The number of rotatable bonds is 6. The molecule has 2 rings (SSSR count). The molecular weight excluding hydrogens is 220 g/mol. The second-order valence-corrected chi connectivity index (χ2v) is 5.85. The zero-order valence-electron chi connectivity index (χ0n) is 12.2. The molecule has 2 heteroatoms. The summed E-state index contributed by atoms with van der Waals surface area (Å²) in [5, 5.41) is 3.63. The van der Waals surface area contributed by atoms with Gasteiger partial charge in [-0.25, -0.2) is 0 Å². The molecule has 1 atom stereocenters. The molecule has 100 valence electrons. The number of anilines is 1. The Labute approximate surface area is 111 Å². The van der Waals surface area contributed by atoms with Gasteiger partial charge in [0.25, 0.3) is 0 Å². The third-order valence-electron chi connectivity index (χ3n) is 3.89. The molecule has 1 aromatic rings. The molecule has 1 aliphatic rings. The summed E-state index contributed by atoms with van der Waals surface area (Å²) in [7, 11) is 2.18. The molecule has 0 saturated heterocycles. The highest BCUT2D eigenvalue weighted by molar-refractivity contribution is 5.50. The highest BCUT2D eigenvalue weighted by Gasteiger charge is 2.27. The Morgan fingerprint density at radius 3 is 2.39 bits per heavy atom. The lowest BCUT2D eigenvalue weighted by Gasteiger charge is -2.22. The van der Waals surface area contributed by atoms with Gasteiger partial charge in [0.05, 0.1) is 0 Å². The van der Waals surface area contributed by atoms with E-state index in [0.717, 1.165) is 19.0 Å². The highest BCUT2D eigenvalue weighted by atomic mass is 15.1. The van der Waals surface area contributed by atoms with E-state index in [9.17, 15) is 0 Å². The molecule has 1 saturated carbocycles. The Bertz CT molecular complexity index is 376.